The van der Waals surface area contributed by atoms with Crippen LogP contribution in [0.25, 0.3) is 97.4 Å². The van der Waals surface area contributed by atoms with Crippen molar-refractivity contribution in [3.05, 3.63) is 182 Å². The maximum Gasteiger partial charge on any atom is 0.0562 e. The molecule has 0 fully saturated rings. The van der Waals surface area contributed by atoms with E-state index >= 15 is 0 Å². The average molecular weight is 667 g/mol. The molecule has 238 valence electrons. The molecule has 0 spiro atoms. The van der Waals surface area contributed by atoms with Gasteiger partial charge in [-0.1, -0.05) is 127 Å². The molecule has 3 aromatic heterocycles. The van der Waals surface area contributed by atoms with Crippen LogP contribution >= 0.6 is 11.3 Å². The minimum Gasteiger partial charge on any atom is -0.309 e. The summed E-state index contributed by atoms with van der Waals surface area (Å²) in [4.78, 5) is 0. The predicted molar refractivity (Wildman–Crippen MR) is 219 cm³/mol. The van der Waals surface area contributed by atoms with E-state index < -0.39 is 0 Å². The quantitative estimate of drug-likeness (QED) is 0.177. The first-order valence-corrected chi connectivity index (χ1v) is 18.3. The Morgan fingerprint density at radius 3 is 1.59 bits per heavy atom. The molecule has 2 nitrogen and oxygen atoms in total. The van der Waals surface area contributed by atoms with Crippen molar-refractivity contribution in [2.75, 3.05) is 0 Å². The van der Waals surface area contributed by atoms with Gasteiger partial charge in [-0.15, -0.1) is 11.3 Å². The van der Waals surface area contributed by atoms with E-state index in [0.717, 1.165) is 11.4 Å². The van der Waals surface area contributed by atoms with Crippen LogP contribution in [0, 0.1) is 0 Å². The summed E-state index contributed by atoms with van der Waals surface area (Å²) in [5, 5.41) is 7.76. The first-order chi connectivity index (χ1) is 25.3. The Morgan fingerprint density at radius 1 is 0.314 bits per heavy atom. The lowest BCUT2D eigenvalue weighted by Crippen LogP contribution is -1.96. The van der Waals surface area contributed by atoms with Gasteiger partial charge in [-0.2, -0.15) is 0 Å². The van der Waals surface area contributed by atoms with E-state index in [2.05, 4.69) is 191 Å². The van der Waals surface area contributed by atoms with Gasteiger partial charge in [0.25, 0.3) is 0 Å². The molecule has 0 aliphatic rings. The van der Waals surface area contributed by atoms with Crippen molar-refractivity contribution in [2.45, 2.75) is 0 Å². The third-order valence-corrected chi connectivity index (χ3v) is 11.7. The number of aromatic nitrogens is 2. The first-order valence-electron chi connectivity index (χ1n) is 17.4. The maximum absolute atomic E-state index is 2.49. The lowest BCUT2D eigenvalue weighted by atomic mass is 10.0. The van der Waals surface area contributed by atoms with E-state index in [1.807, 2.05) is 11.3 Å². The number of hydrogen-bond donors (Lipinski definition) is 0. The molecule has 8 aromatic carbocycles. The van der Waals surface area contributed by atoms with E-state index in [0.29, 0.717) is 0 Å². The van der Waals surface area contributed by atoms with Crippen molar-refractivity contribution in [3.63, 3.8) is 0 Å². The predicted octanol–water partition coefficient (Wildman–Crippen LogP) is 13.6. The van der Waals surface area contributed by atoms with E-state index in [9.17, 15) is 0 Å². The molecule has 3 heterocycles. The van der Waals surface area contributed by atoms with E-state index in [-0.39, 0.29) is 0 Å². The van der Waals surface area contributed by atoms with Crippen molar-refractivity contribution in [3.8, 4) is 33.6 Å². The third-order valence-electron chi connectivity index (χ3n) is 10.5. The van der Waals surface area contributed by atoms with Crippen LogP contribution < -0.4 is 0 Å². The van der Waals surface area contributed by atoms with Gasteiger partial charge < -0.3 is 9.13 Å². The average Bonchev–Trinajstić information content (AvgIpc) is 3.85. The lowest BCUT2D eigenvalue weighted by molar-refractivity contribution is 1.17. The standard InChI is InChI=1S/C48H30N2S/c1-3-13-31(14-4-1)33-17-11-19-35(27-33)49-42-23-9-7-21-37(42)40-29-41-45(30-44(40)49)50(36-20-12-18-34(28-36)32-15-5-2-6-16-32)43-26-25-39-38-22-8-10-24-46(38)51-48(39)47(41)43/h1-30H. The van der Waals surface area contributed by atoms with Gasteiger partial charge >= 0.3 is 0 Å². The fourth-order valence-electron chi connectivity index (χ4n) is 8.21. The zero-order chi connectivity index (χ0) is 33.5. The number of hydrogen-bond acceptors (Lipinski definition) is 1. The van der Waals surface area contributed by atoms with Crippen LogP contribution in [0.15, 0.2) is 182 Å². The normalized spacial score (nSPS) is 11.9. The van der Waals surface area contributed by atoms with Gasteiger partial charge in [0.2, 0.25) is 0 Å². The molecular formula is C48H30N2S. The molecule has 11 aromatic rings. The van der Waals surface area contributed by atoms with Gasteiger partial charge in [0.1, 0.15) is 0 Å². The van der Waals surface area contributed by atoms with Gasteiger partial charge in [0.15, 0.2) is 0 Å². The van der Waals surface area contributed by atoms with Gasteiger partial charge in [-0.25, -0.2) is 0 Å². The molecule has 3 heteroatoms. The van der Waals surface area contributed by atoms with Gasteiger partial charge in [-0.3, -0.25) is 0 Å². The van der Waals surface area contributed by atoms with Crippen LogP contribution in [0.1, 0.15) is 0 Å². The molecule has 0 amide bonds. The van der Waals surface area contributed by atoms with Crippen LogP contribution in [-0.2, 0) is 0 Å². The van der Waals surface area contributed by atoms with Crippen LogP contribution in [0.4, 0.5) is 0 Å². The minimum atomic E-state index is 1.16. The molecule has 0 radical (unpaired) electrons. The Balaban J connectivity index is 1.27. The van der Waals surface area contributed by atoms with Gasteiger partial charge in [0.05, 0.1) is 22.1 Å². The molecule has 0 N–H and O–H groups in total. The largest absolute Gasteiger partial charge is 0.309 e. The number of rotatable bonds is 4. The van der Waals surface area contributed by atoms with Gasteiger partial charge in [-0.05, 0) is 76.9 Å². The summed E-state index contributed by atoms with van der Waals surface area (Å²) in [5.74, 6) is 0. The Bertz CT molecular complexity index is 3130. The summed E-state index contributed by atoms with van der Waals surface area (Å²) in [6, 6.07) is 66.6. The first kappa shape index (κ1) is 28.4. The number of fused-ring (bicyclic) bond motifs is 10. The maximum atomic E-state index is 2.49. The highest BCUT2D eigenvalue weighted by atomic mass is 32.1. The van der Waals surface area contributed by atoms with Crippen molar-refractivity contribution in [1.29, 1.82) is 0 Å². The van der Waals surface area contributed by atoms with Crippen molar-refractivity contribution >= 4 is 75.1 Å². The summed E-state index contributed by atoms with van der Waals surface area (Å²) < 4.78 is 7.61. The summed E-state index contributed by atoms with van der Waals surface area (Å²) in [5.41, 5.74) is 12.0. The molecule has 0 saturated heterocycles. The second-order valence-electron chi connectivity index (χ2n) is 13.3. The monoisotopic (exact) mass is 666 g/mol. The fourth-order valence-corrected chi connectivity index (χ4v) is 9.47. The second-order valence-corrected chi connectivity index (χ2v) is 14.4. The van der Waals surface area contributed by atoms with Crippen LogP contribution in [0.2, 0.25) is 0 Å². The highest BCUT2D eigenvalue weighted by Crippen LogP contribution is 2.46. The molecule has 0 aliphatic carbocycles. The number of thiophene rings is 1. The Kier molecular flexibility index (Phi) is 6.16. The molecule has 0 aliphatic heterocycles. The lowest BCUT2D eigenvalue weighted by Gasteiger charge is -2.12. The molecule has 11 rings (SSSR count). The Hall–Kier alpha value is -6.42. The zero-order valence-electron chi connectivity index (χ0n) is 27.6. The van der Waals surface area contributed by atoms with E-state index in [1.54, 1.807) is 0 Å². The highest BCUT2D eigenvalue weighted by molar-refractivity contribution is 7.26. The summed E-state index contributed by atoms with van der Waals surface area (Å²) in [6.45, 7) is 0. The van der Waals surface area contributed by atoms with E-state index in [1.165, 1.54) is 86.0 Å². The summed E-state index contributed by atoms with van der Waals surface area (Å²) in [7, 11) is 0. The van der Waals surface area contributed by atoms with Crippen LogP contribution in [-0.4, -0.2) is 9.13 Å². The molecule has 51 heavy (non-hydrogen) atoms. The minimum absolute atomic E-state index is 1.16. The number of benzene rings is 8. The molecule has 0 saturated carbocycles. The highest BCUT2D eigenvalue weighted by Gasteiger charge is 2.21. The van der Waals surface area contributed by atoms with Crippen LogP contribution in [0.5, 0.6) is 0 Å². The molecular weight excluding hydrogens is 637 g/mol. The Labute approximate surface area is 298 Å². The van der Waals surface area contributed by atoms with Crippen molar-refractivity contribution in [1.82, 2.24) is 9.13 Å². The van der Waals surface area contributed by atoms with Crippen molar-refractivity contribution < 1.29 is 0 Å². The topological polar surface area (TPSA) is 9.86 Å². The SMILES string of the molecule is c1ccc(-c2cccc(-n3c4ccccc4c4cc5c6c7sc8ccccc8c7ccc6n(-c6cccc(-c7ccccc7)c6)c5cc43)c2)cc1. The molecule has 0 unspecified atom stereocenters. The third kappa shape index (κ3) is 4.29. The number of para-hydroxylation sites is 1. The molecule has 0 bridgehead atoms. The molecule has 0 atom stereocenters. The zero-order valence-corrected chi connectivity index (χ0v) is 28.4. The van der Waals surface area contributed by atoms with Crippen molar-refractivity contribution in [2.24, 2.45) is 0 Å². The summed E-state index contributed by atoms with van der Waals surface area (Å²) in [6.07, 6.45) is 0. The smallest absolute Gasteiger partial charge is 0.0562 e. The second kappa shape index (κ2) is 11.0. The van der Waals surface area contributed by atoms with Crippen LogP contribution in [0.3, 0.4) is 0 Å². The summed E-state index contributed by atoms with van der Waals surface area (Å²) >= 11 is 1.91. The number of nitrogens with zero attached hydrogens (tertiary/aromatic N) is 2. The van der Waals surface area contributed by atoms with Gasteiger partial charge in [0, 0.05) is 53.1 Å². The van der Waals surface area contributed by atoms with E-state index in [4.69, 9.17) is 0 Å². The fraction of sp³-hybridized carbons (Fsp3) is 0. The Morgan fingerprint density at radius 2 is 0.882 bits per heavy atom.